The molecule has 0 aliphatic carbocycles. The first kappa shape index (κ1) is 21.2. The standard InChI is InChI=1S/C21H17BrClN3O2S/c22-17-12-15(6-8-18(17)28-11-10-14-4-2-1-3-5-14)20(27)26-21(29)25-16-7-9-19(23)24-13-16/h1-9,12-13H,10-11H2,(H2,25,26,27,29). The molecule has 2 N–H and O–H groups in total. The van der Waals surface area contributed by atoms with Gasteiger partial charge in [0.25, 0.3) is 5.91 Å². The molecular formula is C21H17BrClN3O2S. The third-order valence-electron chi connectivity index (χ3n) is 3.90. The summed E-state index contributed by atoms with van der Waals surface area (Å²) in [5, 5.41) is 6.05. The number of amides is 1. The van der Waals surface area contributed by atoms with E-state index in [0.29, 0.717) is 33.2 Å². The smallest absolute Gasteiger partial charge is 0.257 e. The number of hydrogen-bond acceptors (Lipinski definition) is 4. The van der Waals surface area contributed by atoms with Crippen LogP contribution in [0.3, 0.4) is 0 Å². The summed E-state index contributed by atoms with van der Waals surface area (Å²) in [5.41, 5.74) is 2.28. The van der Waals surface area contributed by atoms with E-state index in [1.54, 1.807) is 30.3 Å². The van der Waals surface area contributed by atoms with E-state index in [9.17, 15) is 4.79 Å². The lowest BCUT2D eigenvalue weighted by molar-refractivity contribution is 0.0977. The molecule has 0 radical (unpaired) electrons. The zero-order chi connectivity index (χ0) is 20.6. The van der Waals surface area contributed by atoms with Gasteiger partial charge in [-0.25, -0.2) is 4.98 Å². The fourth-order valence-electron chi connectivity index (χ4n) is 2.47. The van der Waals surface area contributed by atoms with Crippen LogP contribution < -0.4 is 15.4 Å². The molecule has 1 amide bonds. The summed E-state index contributed by atoms with van der Waals surface area (Å²) in [6.07, 6.45) is 2.33. The minimum Gasteiger partial charge on any atom is -0.492 e. The van der Waals surface area contributed by atoms with Gasteiger partial charge < -0.3 is 10.1 Å². The Labute approximate surface area is 187 Å². The number of halogens is 2. The second-order valence-electron chi connectivity index (χ2n) is 6.01. The molecule has 3 aromatic rings. The van der Waals surface area contributed by atoms with Crippen molar-refractivity contribution in [1.29, 1.82) is 0 Å². The molecule has 1 aromatic heterocycles. The Balaban J connectivity index is 1.53. The average molecular weight is 491 g/mol. The molecule has 0 bridgehead atoms. The van der Waals surface area contributed by atoms with Gasteiger partial charge in [0.15, 0.2) is 5.11 Å². The maximum Gasteiger partial charge on any atom is 0.257 e. The van der Waals surface area contributed by atoms with Crippen LogP contribution in [0.4, 0.5) is 5.69 Å². The number of benzene rings is 2. The summed E-state index contributed by atoms with van der Waals surface area (Å²) in [4.78, 5) is 16.4. The van der Waals surface area contributed by atoms with E-state index in [1.807, 2.05) is 18.2 Å². The van der Waals surface area contributed by atoms with Gasteiger partial charge in [0.05, 0.1) is 23.0 Å². The minimum atomic E-state index is -0.332. The summed E-state index contributed by atoms with van der Waals surface area (Å²) >= 11 is 14.4. The van der Waals surface area contributed by atoms with E-state index < -0.39 is 0 Å². The first-order chi connectivity index (χ1) is 14.0. The number of aromatic nitrogens is 1. The van der Waals surface area contributed by atoms with Crippen LogP contribution in [0.25, 0.3) is 0 Å². The van der Waals surface area contributed by atoms with Crippen LogP contribution in [0.1, 0.15) is 15.9 Å². The second kappa shape index (κ2) is 10.3. The van der Waals surface area contributed by atoms with E-state index in [2.05, 4.69) is 43.7 Å². The van der Waals surface area contributed by atoms with Crippen LogP contribution in [-0.4, -0.2) is 22.6 Å². The van der Waals surface area contributed by atoms with Crippen molar-refractivity contribution in [2.75, 3.05) is 11.9 Å². The number of carbonyl (C=O) groups excluding carboxylic acids is 1. The number of thiocarbonyl (C=S) groups is 1. The topological polar surface area (TPSA) is 63.2 Å². The van der Waals surface area contributed by atoms with E-state index >= 15 is 0 Å². The lowest BCUT2D eigenvalue weighted by atomic mass is 10.2. The van der Waals surface area contributed by atoms with Gasteiger partial charge in [0.2, 0.25) is 0 Å². The Morgan fingerprint density at radius 2 is 1.93 bits per heavy atom. The molecule has 8 heteroatoms. The molecule has 0 aliphatic heterocycles. The number of rotatable bonds is 6. The quantitative estimate of drug-likeness (QED) is 0.365. The summed E-state index contributed by atoms with van der Waals surface area (Å²) in [5.74, 6) is 0.339. The van der Waals surface area contributed by atoms with Crippen molar-refractivity contribution in [3.8, 4) is 5.75 Å². The fourth-order valence-corrected chi connectivity index (χ4v) is 3.29. The molecular weight excluding hydrogens is 474 g/mol. The predicted octanol–water partition coefficient (Wildman–Crippen LogP) is 5.25. The number of ether oxygens (including phenoxy) is 1. The molecule has 0 saturated carbocycles. The van der Waals surface area contributed by atoms with Gasteiger partial charge in [-0.05, 0) is 64.0 Å². The molecule has 0 saturated heterocycles. The molecule has 0 fully saturated rings. The number of carbonyl (C=O) groups is 1. The Morgan fingerprint density at radius 1 is 1.14 bits per heavy atom. The third-order valence-corrected chi connectivity index (χ3v) is 4.94. The average Bonchev–Trinajstić information content (AvgIpc) is 2.71. The van der Waals surface area contributed by atoms with Gasteiger partial charge in [-0.3, -0.25) is 10.1 Å². The van der Waals surface area contributed by atoms with Crippen LogP contribution in [-0.2, 0) is 6.42 Å². The Morgan fingerprint density at radius 3 is 2.62 bits per heavy atom. The van der Waals surface area contributed by atoms with Crippen molar-refractivity contribution in [2.24, 2.45) is 0 Å². The maximum absolute atomic E-state index is 12.4. The third kappa shape index (κ3) is 6.52. The first-order valence-electron chi connectivity index (χ1n) is 8.71. The lowest BCUT2D eigenvalue weighted by Gasteiger charge is -2.11. The maximum atomic E-state index is 12.4. The minimum absolute atomic E-state index is 0.165. The van der Waals surface area contributed by atoms with Crippen LogP contribution >= 0.6 is 39.7 Å². The van der Waals surface area contributed by atoms with E-state index in [-0.39, 0.29) is 11.0 Å². The second-order valence-corrected chi connectivity index (χ2v) is 7.66. The molecule has 5 nitrogen and oxygen atoms in total. The van der Waals surface area contributed by atoms with Crippen molar-refractivity contribution in [3.63, 3.8) is 0 Å². The highest BCUT2D eigenvalue weighted by Gasteiger charge is 2.11. The van der Waals surface area contributed by atoms with Crippen molar-refractivity contribution in [1.82, 2.24) is 10.3 Å². The van der Waals surface area contributed by atoms with Crippen molar-refractivity contribution >= 4 is 56.5 Å². The predicted molar refractivity (Wildman–Crippen MR) is 123 cm³/mol. The molecule has 0 aliphatic rings. The number of anilines is 1. The summed E-state index contributed by atoms with van der Waals surface area (Å²) in [7, 11) is 0. The Kier molecular flexibility index (Phi) is 7.57. The van der Waals surface area contributed by atoms with Gasteiger partial charge in [-0.15, -0.1) is 0 Å². The van der Waals surface area contributed by atoms with Crippen molar-refractivity contribution in [3.05, 3.63) is 87.6 Å². The number of hydrogen-bond donors (Lipinski definition) is 2. The number of nitrogens with one attached hydrogen (secondary N) is 2. The Bertz CT molecular complexity index is 1000. The van der Waals surface area contributed by atoms with Crippen molar-refractivity contribution < 1.29 is 9.53 Å². The molecule has 29 heavy (non-hydrogen) atoms. The van der Waals surface area contributed by atoms with Gasteiger partial charge >= 0.3 is 0 Å². The van der Waals surface area contributed by atoms with Gasteiger partial charge in [-0.1, -0.05) is 41.9 Å². The first-order valence-corrected chi connectivity index (χ1v) is 10.3. The van der Waals surface area contributed by atoms with E-state index in [1.165, 1.54) is 11.8 Å². The highest BCUT2D eigenvalue weighted by molar-refractivity contribution is 9.10. The lowest BCUT2D eigenvalue weighted by Crippen LogP contribution is -2.34. The molecule has 0 spiro atoms. The Hall–Kier alpha value is -2.48. The fraction of sp³-hybridized carbons (Fsp3) is 0.0952. The molecule has 0 unspecified atom stereocenters. The van der Waals surface area contributed by atoms with Gasteiger partial charge in [0.1, 0.15) is 10.9 Å². The molecule has 3 rings (SSSR count). The SMILES string of the molecule is O=C(NC(=S)Nc1ccc(Cl)nc1)c1ccc(OCCc2ccccc2)c(Br)c1. The molecule has 0 atom stereocenters. The summed E-state index contributed by atoms with van der Waals surface area (Å²) in [6, 6.07) is 18.6. The van der Waals surface area contributed by atoms with Crippen LogP contribution in [0.15, 0.2) is 71.3 Å². The van der Waals surface area contributed by atoms with Crippen LogP contribution in [0.5, 0.6) is 5.75 Å². The van der Waals surface area contributed by atoms with Crippen LogP contribution in [0, 0.1) is 0 Å². The largest absolute Gasteiger partial charge is 0.492 e. The number of pyridine rings is 1. The normalized spacial score (nSPS) is 10.3. The zero-order valence-corrected chi connectivity index (χ0v) is 18.4. The van der Waals surface area contributed by atoms with E-state index in [4.69, 9.17) is 28.6 Å². The number of nitrogens with zero attached hydrogens (tertiary/aromatic N) is 1. The molecule has 148 valence electrons. The zero-order valence-electron chi connectivity index (χ0n) is 15.2. The highest BCUT2D eigenvalue weighted by atomic mass is 79.9. The monoisotopic (exact) mass is 489 g/mol. The van der Waals surface area contributed by atoms with Gasteiger partial charge in [0, 0.05) is 12.0 Å². The van der Waals surface area contributed by atoms with Gasteiger partial charge in [-0.2, -0.15) is 0 Å². The van der Waals surface area contributed by atoms with E-state index in [0.717, 1.165) is 6.42 Å². The summed E-state index contributed by atoms with van der Waals surface area (Å²) in [6.45, 7) is 0.539. The molecule has 1 heterocycles. The molecule has 2 aromatic carbocycles. The van der Waals surface area contributed by atoms with Crippen molar-refractivity contribution in [2.45, 2.75) is 6.42 Å². The highest BCUT2D eigenvalue weighted by Crippen LogP contribution is 2.26. The summed E-state index contributed by atoms with van der Waals surface area (Å²) < 4.78 is 6.50. The van der Waals surface area contributed by atoms with Crippen LogP contribution in [0.2, 0.25) is 5.15 Å².